The molecule has 0 saturated heterocycles. The number of nitrogens with zero attached hydrogens (tertiary/aromatic N) is 1. The van der Waals surface area contributed by atoms with Crippen molar-refractivity contribution in [1.82, 2.24) is 4.98 Å². The lowest BCUT2D eigenvalue weighted by atomic mass is 9.88. The van der Waals surface area contributed by atoms with Crippen LogP contribution in [0.1, 0.15) is 48.8 Å². The molecule has 0 aliphatic heterocycles. The van der Waals surface area contributed by atoms with E-state index >= 15 is 0 Å². The van der Waals surface area contributed by atoms with Crippen LogP contribution in [0.4, 0.5) is 5.69 Å². The molecule has 1 aromatic heterocycles. The molecule has 1 N–H and O–H groups in total. The first kappa shape index (κ1) is 19.4. The Balaban J connectivity index is 1.72. The topological polar surface area (TPSA) is 53.2 Å². The van der Waals surface area contributed by atoms with E-state index in [-0.39, 0.29) is 23.9 Å². The maximum Gasteiger partial charge on any atom is 0.253 e. The normalized spacial score (nSPS) is 14.8. The van der Waals surface area contributed by atoms with Gasteiger partial charge in [-0.1, -0.05) is 48.6 Å². The van der Waals surface area contributed by atoms with Crippen molar-refractivity contribution in [3.8, 4) is 0 Å². The standard InChI is InChI=1S/C25H28N2O2/c1-17-8-11-22(12-9-17)27(25(29)19-6-4-3-5-7-19)16-21-15-20-14-18(2)10-13-23(20)26-24(21)28/h8-15,19H,3-7,16H2,1-2H3,(H,26,28). The van der Waals surface area contributed by atoms with E-state index in [2.05, 4.69) is 11.1 Å². The lowest BCUT2D eigenvalue weighted by Crippen LogP contribution is -2.38. The lowest BCUT2D eigenvalue weighted by Gasteiger charge is -2.29. The molecule has 29 heavy (non-hydrogen) atoms. The molecule has 1 saturated carbocycles. The predicted molar refractivity (Wildman–Crippen MR) is 118 cm³/mol. The van der Waals surface area contributed by atoms with Gasteiger partial charge in [-0.05, 0) is 62.4 Å². The third kappa shape index (κ3) is 4.26. The number of hydrogen-bond donors (Lipinski definition) is 1. The Kier molecular flexibility index (Phi) is 5.52. The zero-order valence-corrected chi connectivity index (χ0v) is 17.2. The van der Waals surface area contributed by atoms with Gasteiger partial charge >= 0.3 is 0 Å². The summed E-state index contributed by atoms with van der Waals surface area (Å²) in [4.78, 5) is 31.0. The maximum absolute atomic E-state index is 13.4. The van der Waals surface area contributed by atoms with E-state index in [1.807, 2.05) is 61.2 Å². The van der Waals surface area contributed by atoms with Gasteiger partial charge in [0.15, 0.2) is 0 Å². The molecular weight excluding hydrogens is 360 g/mol. The van der Waals surface area contributed by atoms with Crippen LogP contribution in [-0.4, -0.2) is 10.9 Å². The number of anilines is 1. The molecule has 150 valence electrons. The molecule has 4 heteroatoms. The van der Waals surface area contributed by atoms with Crippen molar-refractivity contribution in [3.05, 3.63) is 75.6 Å². The molecule has 0 atom stereocenters. The van der Waals surface area contributed by atoms with Crippen LogP contribution in [0.2, 0.25) is 0 Å². The number of pyridine rings is 1. The summed E-state index contributed by atoms with van der Waals surface area (Å²) in [6.45, 7) is 4.36. The minimum absolute atomic E-state index is 0.0480. The largest absolute Gasteiger partial charge is 0.322 e. The fraction of sp³-hybridized carbons (Fsp3) is 0.360. The summed E-state index contributed by atoms with van der Waals surface area (Å²) in [6, 6.07) is 15.9. The van der Waals surface area contributed by atoms with Crippen LogP contribution in [0.5, 0.6) is 0 Å². The van der Waals surface area contributed by atoms with Gasteiger partial charge in [0.2, 0.25) is 5.91 Å². The number of aromatic amines is 1. The first-order valence-corrected chi connectivity index (χ1v) is 10.5. The Morgan fingerprint density at radius 1 is 0.966 bits per heavy atom. The van der Waals surface area contributed by atoms with Crippen molar-refractivity contribution in [2.75, 3.05) is 4.90 Å². The zero-order valence-electron chi connectivity index (χ0n) is 17.2. The molecule has 0 radical (unpaired) electrons. The summed E-state index contributed by atoms with van der Waals surface area (Å²) in [7, 11) is 0. The Labute approximate surface area is 171 Å². The molecule has 1 aliphatic rings. The van der Waals surface area contributed by atoms with Gasteiger partial charge in [0.1, 0.15) is 0 Å². The minimum Gasteiger partial charge on any atom is -0.322 e. The van der Waals surface area contributed by atoms with E-state index < -0.39 is 0 Å². The monoisotopic (exact) mass is 388 g/mol. The molecule has 3 aromatic rings. The van der Waals surface area contributed by atoms with Crippen molar-refractivity contribution in [2.45, 2.75) is 52.5 Å². The summed E-state index contributed by atoms with van der Waals surface area (Å²) < 4.78 is 0. The van der Waals surface area contributed by atoms with Crippen LogP contribution >= 0.6 is 0 Å². The van der Waals surface area contributed by atoms with E-state index in [1.165, 1.54) is 6.42 Å². The van der Waals surface area contributed by atoms with E-state index in [0.717, 1.165) is 53.4 Å². The van der Waals surface area contributed by atoms with Gasteiger partial charge in [0.05, 0.1) is 6.54 Å². The third-order valence-corrected chi connectivity index (χ3v) is 5.97. The highest BCUT2D eigenvalue weighted by Gasteiger charge is 2.27. The summed E-state index contributed by atoms with van der Waals surface area (Å²) >= 11 is 0. The number of hydrogen-bond acceptors (Lipinski definition) is 2. The van der Waals surface area contributed by atoms with Crippen molar-refractivity contribution in [1.29, 1.82) is 0 Å². The number of fused-ring (bicyclic) bond motifs is 1. The number of rotatable bonds is 4. The van der Waals surface area contributed by atoms with E-state index in [1.54, 1.807) is 0 Å². The van der Waals surface area contributed by atoms with Crippen molar-refractivity contribution >= 4 is 22.5 Å². The second-order valence-corrected chi connectivity index (χ2v) is 8.31. The average Bonchev–Trinajstić information content (AvgIpc) is 2.73. The first-order valence-electron chi connectivity index (χ1n) is 10.5. The van der Waals surface area contributed by atoms with Gasteiger partial charge in [-0.15, -0.1) is 0 Å². The van der Waals surface area contributed by atoms with E-state index in [9.17, 15) is 9.59 Å². The number of H-pyrrole nitrogens is 1. The van der Waals surface area contributed by atoms with Crippen molar-refractivity contribution in [2.24, 2.45) is 5.92 Å². The van der Waals surface area contributed by atoms with Gasteiger partial charge in [-0.2, -0.15) is 0 Å². The smallest absolute Gasteiger partial charge is 0.253 e. The number of benzene rings is 2. The van der Waals surface area contributed by atoms with Crippen LogP contribution in [-0.2, 0) is 11.3 Å². The molecule has 4 rings (SSSR count). The highest BCUT2D eigenvalue weighted by Crippen LogP contribution is 2.29. The number of carbonyl (C=O) groups excluding carboxylic acids is 1. The second kappa shape index (κ2) is 8.24. The fourth-order valence-corrected chi connectivity index (χ4v) is 4.25. The summed E-state index contributed by atoms with van der Waals surface area (Å²) in [5, 5.41) is 0.994. The molecule has 1 amide bonds. The van der Waals surface area contributed by atoms with Gasteiger partial charge in [0.25, 0.3) is 5.56 Å². The average molecular weight is 389 g/mol. The molecule has 0 spiro atoms. The molecule has 0 unspecified atom stereocenters. The fourth-order valence-electron chi connectivity index (χ4n) is 4.25. The van der Waals surface area contributed by atoms with Crippen LogP contribution < -0.4 is 10.5 Å². The van der Waals surface area contributed by atoms with Crippen LogP contribution in [0.15, 0.2) is 53.3 Å². The van der Waals surface area contributed by atoms with Gasteiger partial charge in [0, 0.05) is 22.7 Å². The van der Waals surface area contributed by atoms with Crippen LogP contribution in [0, 0.1) is 19.8 Å². The molecule has 1 aliphatic carbocycles. The number of aromatic nitrogens is 1. The second-order valence-electron chi connectivity index (χ2n) is 8.31. The molecule has 2 aromatic carbocycles. The zero-order chi connectivity index (χ0) is 20.4. The van der Waals surface area contributed by atoms with Crippen LogP contribution in [0.25, 0.3) is 10.9 Å². The Morgan fingerprint density at radius 3 is 2.38 bits per heavy atom. The predicted octanol–water partition coefficient (Wildman–Crippen LogP) is 5.26. The molecule has 4 nitrogen and oxygen atoms in total. The van der Waals surface area contributed by atoms with Gasteiger partial charge < -0.3 is 9.88 Å². The summed E-state index contributed by atoms with van der Waals surface area (Å²) in [5.41, 5.74) is 4.46. The van der Waals surface area contributed by atoms with E-state index in [0.29, 0.717) is 5.56 Å². The van der Waals surface area contributed by atoms with Gasteiger partial charge in [-0.25, -0.2) is 0 Å². The molecule has 0 bridgehead atoms. The quantitative estimate of drug-likeness (QED) is 0.663. The number of carbonyl (C=O) groups is 1. The highest BCUT2D eigenvalue weighted by molar-refractivity contribution is 5.95. The molecule has 1 heterocycles. The third-order valence-electron chi connectivity index (χ3n) is 5.97. The van der Waals surface area contributed by atoms with Crippen molar-refractivity contribution < 1.29 is 4.79 Å². The Bertz CT molecular complexity index is 1080. The SMILES string of the molecule is Cc1ccc(N(Cc2cc3cc(C)ccc3[nH]c2=O)C(=O)C2CCCCC2)cc1. The number of nitrogens with one attached hydrogen (secondary N) is 1. The summed E-state index contributed by atoms with van der Waals surface area (Å²) in [5.74, 6) is 0.184. The number of aryl methyl sites for hydroxylation is 2. The maximum atomic E-state index is 13.4. The molecule has 1 fully saturated rings. The van der Waals surface area contributed by atoms with Crippen LogP contribution in [0.3, 0.4) is 0 Å². The first-order chi connectivity index (χ1) is 14.0. The lowest BCUT2D eigenvalue weighted by molar-refractivity contribution is -0.123. The molecular formula is C25H28N2O2. The highest BCUT2D eigenvalue weighted by atomic mass is 16.2. The van der Waals surface area contributed by atoms with E-state index in [4.69, 9.17) is 0 Å². The summed E-state index contributed by atoms with van der Waals surface area (Å²) in [6.07, 6.45) is 5.29. The Morgan fingerprint density at radius 2 is 1.66 bits per heavy atom. The van der Waals surface area contributed by atoms with Crippen molar-refractivity contribution in [3.63, 3.8) is 0 Å². The number of amides is 1. The van der Waals surface area contributed by atoms with Gasteiger partial charge in [-0.3, -0.25) is 9.59 Å². The Hall–Kier alpha value is -2.88. The minimum atomic E-state index is -0.130.